The fourth-order valence-corrected chi connectivity index (χ4v) is 4.09. The maximum atomic E-state index is 13.3. The highest BCUT2D eigenvalue weighted by atomic mass is 16.1. The highest BCUT2D eigenvalue weighted by molar-refractivity contribution is 6.14. The van der Waals surface area contributed by atoms with E-state index in [1.54, 1.807) is 0 Å². The van der Waals surface area contributed by atoms with Gasteiger partial charge in [0.2, 0.25) is 0 Å². The molecule has 0 bridgehead atoms. The summed E-state index contributed by atoms with van der Waals surface area (Å²) < 4.78 is 0. The van der Waals surface area contributed by atoms with Crippen molar-refractivity contribution < 1.29 is 4.79 Å². The summed E-state index contributed by atoms with van der Waals surface area (Å²) in [7, 11) is 8.15. The van der Waals surface area contributed by atoms with Crippen LogP contribution in [0, 0.1) is 5.92 Å². The number of anilines is 2. The highest BCUT2D eigenvalue weighted by Crippen LogP contribution is 2.35. The Labute approximate surface area is 181 Å². The first-order valence-corrected chi connectivity index (χ1v) is 10.9. The first kappa shape index (κ1) is 21.9. The Hall–Kier alpha value is -2.81. The van der Waals surface area contributed by atoms with Crippen LogP contribution >= 0.6 is 0 Å². The molecule has 2 aromatic carbocycles. The fourth-order valence-electron chi connectivity index (χ4n) is 4.09. The molecule has 1 fully saturated rings. The molecular formula is C27H34N2O. The molecular weight excluding hydrogens is 368 g/mol. The number of hydrogen-bond acceptors (Lipinski definition) is 3. The van der Waals surface area contributed by atoms with Crippen molar-refractivity contribution in [2.45, 2.75) is 32.6 Å². The van der Waals surface area contributed by atoms with Crippen LogP contribution in [0.25, 0.3) is 12.2 Å². The number of benzene rings is 2. The zero-order chi connectivity index (χ0) is 21.7. The van der Waals surface area contributed by atoms with Gasteiger partial charge in [0, 0.05) is 50.7 Å². The van der Waals surface area contributed by atoms with Gasteiger partial charge in [-0.25, -0.2) is 0 Å². The molecule has 30 heavy (non-hydrogen) atoms. The summed E-state index contributed by atoms with van der Waals surface area (Å²) in [6.07, 6.45) is 8.23. The summed E-state index contributed by atoms with van der Waals surface area (Å²) in [5, 5.41) is 0. The van der Waals surface area contributed by atoms with Gasteiger partial charge in [-0.3, -0.25) is 4.79 Å². The molecule has 2 aromatic rings. The van der Waals surface area contributed by atoms with Crippen LogP contribution in [-0.2, 0) is 4.79 Å². The molecule has 1 aliphatic rings. The Bertz CT molecular complexity index is 845. The lowest BCUT2D eigenvalue weighted by Crippen LogP contribution is -2.20. The minimum Gasteiger partial charge on any atom is -0.378 e. The third-order valence-electron chi connectivity index (χ3n) is 5.80. The summed E-state index contributed by atoms with van der Waals surface area (Å²) in [6, 6.07) is 16.8. The molecule has 0 unspecified atom stereocenters. The molecule has 3 rings (SSSR count). The molecule has 0 radical (unpaired) electrons. The van der Waals surface area contributed by atoms with E-state index in [1.807, 2.05) is 28.2 Å². The Morgan fingerprint density at radius 3 is 1.50 bits per heavy atom. The van der Waals surface area contributed by atoms with Crippen molar-refractivity contribution in [3.63, 3.8) is 0 Å². The molecule has 0 atom stereocenters. The molecule has 0 saturated heterocycles. The Balaban J connectivity index is 1.89. The number of allylic oxidation sites excluding steroid dienone is 2. The average Bonchev–Trinajstić information content (AvgIpc) is 2.72. The lowest BCUT2D eigenvalue weighted by Gasteiger charge is -2.25. The van der Waals surface area contributed by atoms with E-state index in [4.69, 9.17) is 0 Å². The van der Waals surface area contributed by atoms with Crippen molar-refractivity contribution in [3.05, 3.63) is 70.8 Å². The van der Waals surface area contributed by atoms with E-state index >= 15 is 0 Å². The smallest absolute Gasteiger partial charge is 0.185 e. The highest BCUT2D eigenvalue weighted by Gasteiger charge is 2.27. The van der Waals surface area contributed by atoms with Crippen molar-refractivity contribution >= 4 is 29.3 Å². The van der Waals surface area contributed by atoms with Crippen LogP contribution in [0.2, 0.25) is 0 Å². The van der Waals surface area contributed by atoms with Gasteiger partial charge < -0.3 is 9.80 Å². The number of carbonyl (C=O) groups excluding carboxylic acids is 1. The standard InChI is InChI=1S/C27H34N2O/c1-6-7-22-18-23(16-20-8-12-25(13-9-20)28(2)3)27(30)24(19-22)17-21-10-14-26(15-11-21)29(4)5/h8-17,22H,6-7,18-19H2,1-5H3. The zero-order valence-corrected chi connectivity index (χ0v) is 19.0. The predicted molar refractivity (Wildman–Crippen MR) is 130 cm³/mol. The van der Waals surface area contributed by atoms with Crippen LogP contribution < -0.4 is 9.80 Å². The van der Waals surface area contributed by atoms with Crippen molar-refractivity contribution in [1.29, 1.82) is 0 Å². The fraction of sp³-hybridized carbons (Fsp3) is 0.370. The minimum atomic E-state index is 0.204. The van der Waals surface area contributed by atoms with Crippen LogP contribution in [0.3, 0.4) is 0 Å². The van der Waals surface area contributed by atoms with E-state index in [9.17, 15) is 4.79 Å². The van der Waals surface area contributed by atoms with Gasteiger partial charge in [-0.2, -0.15) is 0 Å². The third kappa shape index (κ3) is 5.41. The summed E-state index contributed by atoms with van der Waals surface area (Å²) in [5.41, 5.74) is 6.39. The van der Waals surface area contributed by atoms with Gasteiger partial charge in [0.05, 0.1) is 0 Å². The van der Waals surface area contributed by atoms with E-state index < -0.39 is 0 Å². The quantitative estimate of drug-likeness (QED) is 0.548. The van der Waals surface area contributed by atoms with Crippen LogP contribution in [-0.4, -0.2) is 34.0 Å². The van der Waals surface area contributed by atoms with Crippen molar-refractivity contribution in [2.24, 2.45) is 5.92 Å². The van der Waals surface area contributed by atoms with E-state index in [1.165, 1.54) is 0 Å². The molecule has 0 spiro atoms. The summed E-state index contributed by atoms with van der Waals surface area (Å²) >= 11 is 0. The second kappa shape index (κ2) is 9.80. The van der Waals surface area contributed by atoms with Gasteiger partial charge in [0.1, 0.15) is 0 Å². The molecule has 0 aliphatic heterocycles. The monoisotopic (exact) mass is 402 g/mol. The van der Waals surface area contributed by atoms with Gasteiger partial charge in [-0.15, -0.1) is 0 Å². The number of ketones is 1. The topological polar surface area (TPSA) is 23.6 Å². The van der Waals surface area contributed by atoms with Gasteiger partial charge >= 0.3 is 0 Å². The first-order valence-electron chi connectivity index (χ1n) is 10.9. The molecule has 3 nitrogen and oxygen atoms in total. The zero-order valence-electron chi connectivity index (χ0n) is 19.0. The van der Waals surface area contributed by atoms with Crippen LogP contribution in [0.1, 0.15) is 43.7 Å². The maximum absolute atomic E-state index is 13.3. The molecule has 0 amide bonds. The average molecular weight is 403 g/mol. The lowest BCUT2D eigenvalue weighted by molar-refractivity contribution is -0.113. The molecule has 0 N–H and O–H groups in total. The van der Waals surface area contributed by atoms with Crippen LogP contribution in [0.5, 0.6) is 0 Å². The van der Waals surface area contributed by atoms with Crippen molar-refractivity contribution in [2.75, 3.05) is 38.0 Å². The SMILES string of the molecule is CCCC1CC(=Cc2ccc(N(C)C)cc2)C(=O)C(=Cc2ccc(N(C)C)cc2)C1. The van der Waals surface area contributed by atoms with E-state index in [2.05, 4.69) is 77.4 Å². The van der Waals surface area contributed by atoms with Crippen molar-refractivity contribution in [1.82, 2.24) is 0 Å². The van der Waals surface area contributed by atoms with Crippen LogP contribution in [0.15, 0.2) is 59.7 Å². The van der Waals surface area contributed by atoms with E-state index in [0.29, 0.717) is 5.92 Å². The number of hydrogen-bond donors (Lipinski definition) is 0. The number of rotatable bonds is 6. The lowest BCUT2D eigenvalue weighted by atomic mass is 9.78. The van der Waals surface area contributed by atoms with Gasteiger partial charge in [-0.1, -0.05) is 44.0 Å². The normalized spacial score (nSPS) is 19.4. The molecule has 1 aliphatic carbocycles. The minimum absolute atomic E-state index is 0.204. The number of Topliss-reactive ketones (excluding diaryl/α,β-unsaturated/α-hetero) is 1. The second-order valence-corrected chi connectivity index (χ2v) is 8.70. The van der Waals surface area contributed by atoms with E-state index in [-0.39, 0.29) is 5.78 Å². The van der Waals surface area contributed by atoms with Crippen LogP contribution in [0.4, 0.5) is 11.4 Å². The maximum Gasteiger partial charge on any atom is 0.185 e. The molecule has 0 heterocycles. The van der Waals surface area contributed by atoms with Crippen molar-refractivity contribution in [3.8, 4) is 0 Å². The molecule has 0 aromatic heterocycles. The first-order chi connectivity index (χ1) is 14.4. The second-order valence-electron chi connectivity index (χ2n) is 8.70. The predicted octanol–water partition coefficient (Wildman–Crippen LogP) is 6.06. The van der Waals surface area contributed by atoms with E-state index in [0.717, 1.165) is 59.3 Å². The van der Waals surface area contributed by atoms with Gasteiger partial charge in [0.15, 0.2) is 5.78 Å². The summed E-state index contributed by atoms with van der Waals surface area (Å²) in [4.78, 5) is 17.5. The Morgan fingerprint density at radius 1 is 0.767 bits per heavy atom. The summed E-state index contributed by atoms with van der Waals surface area (Å²) in [6.45, 7) is 2.23. The molecule has 158 valence electrons. The molecule has 3 heteroatoms. The Kier molecular flexibility index (Phi) is 7.15. The number of nitrogens with zero attached hydrogens (tertiary/aromatic N) is 2. The Morgan fingerprint density at radius 2 is 1.17 bits per heavy atom. The third-order valence-corrected chi connectivity index (χ3v) is 5.80. The van der Waals surface area contributed by atoms with Gasteiger partial charge in [-0.05, 0) is 66.3 Å². The number of carbonyl (C=O) groups is 1. The summed E-state index contributed by atoms with van der Waals surface area (Å²) in [5.74, 6) is 0.739. The van der Waals surface area contributed by atoms with Gasteiger partial charge in [0.25, 0.3) is 0 Å². The largest absolute Gasteiger partial charge is 0.378 e. The molecule has 1 saturated carbocycles.